The van der Waals surface area contributed by atoms with E-state index in [1.165, 1.54) is 12.8 Å². The molecule has 0 saturated carbocycles. The van der Waals surface area contributed by atoms with E-state index >= 15 is 0 Å². The number of ether oxygens (including phenoxy) is 1. The molecule has 0 spiro atoms. The van der Waals surface area contributed by atoms with Crippen molar-refractivity contribution in [3.8, 4) is 0 Å². The van der Waals surface area contributed by atoms with Gasteiger partial charge < -0.3 is 20.7 Å². The Labute approximate surface area is 132 Å². The summed E-state index contributed by atoms with van der Waals surface area (Å²) in [6, 6.07) is 0. The Morgan fingerprint density at radius 1 is 1.32 bits per heavy atom. The van der Waals surface area contributed by atoms with Gasteiger partial charge in [0.1, 0.15) is 6.54 Å². The largest absolute Gasteiger partial charge is 0.383 e. The zero-order chi connectivity index (χ0) is 13.2. The van der Waals surface area contributed by atoms with Crippen LogP contribution >= 0.6 is 24.0 Å². The highest BCUT2D eigenvalue weighted by Crippen LogP contribution is 2.08. The molecule has 3 N–H and O–H groups in total. The predicted molar refractivity (Wildman–Crippen MR) is 86.8 cm³/mol. The number of aliphatic imine (C=N–C) groups is 1. The molecule has 0 aliphatic carbocycles. The van der Waals surface area contributed by atoms with Crippen LogP contribution in [0.4, 0.5) is 0 Å². The summed E-state index contributed by atoms with van der Waals surface area (Å²) in [6.07, 6.45) is 4.80. The fraction of sp³-hybridized carbons (Fsp3) is 0.833. The van der Waals surface area contributed by atoms with E-state index in [-0.39, 0.29) is 36.4 Å². The molecule has 1 rings (SSSR count). The van der Waals surface area contributed by atoms with Gasteiger partial charge in [-0.15, -0.1) is 24.0 Å². The maximum Gasteiger partial charge on any atom is 0.241 e. The summed E-state index contributed by atoms with van der Waals surface area (Å²) in [5.41, 5.74) is 5.89. The number of carbonyl (C=O) groups excluding carboxylic acids is 1. The summed E-state index contributed by atoms with van der Waals surface area (Å²) in [7, 11) is 1.60. The van der Waals surface area contributed by atoms with Crippen LogP contribution in [0.15, 0.2) is 4.99 Å². The smallest absolute Gasteiger partial charge is 0.241 e. The van der Waals surface area contributed by atoms with Crippen LogP contribution < -0.4 is 11.1 Å². The number of nitrogens with zero attached hydrogens (tertiary/aromatic N) is 2. The van der Waals surface area contributed by atoms with Crippen LogP contribution in [-0.4, -0.2) is 56.7 Å². The van der Waals surface area contributed by atoms with Gasteiger partial charge in [0.25, 0.3) is 0 Å². The molecule has 0 aromatic rings. The van der Waals surface area contributed by atoms with Crippen molar-refractivity contribution in [3.63, 3.8) is 0 Å². The summed E-state index contributed by atoms with van der Waals surface area (Å²) < 4.78 is 4.84. The number of nitrogens with two attached hydrogens (primary N) is 1. The first-order valence-electron chi connectivity index (χ1n) is 6.54. The average Bonchev–Trinajstić information content (AvgIpc) is 2.65. The lowest BCUT2D eigenvalue weighted by Crippen LogP contribution is -2.39. The topological polar surface area (TPSA) is 79.9 Å². The summed E-state index contributed by atoms with van der Waals surface area (Å²) in [4.78, 5) is 17.6. The van der Waals surface area contributed by atoms with Gasteiger partial charge in [0, 0.05) is 26.7 Å². The third-order valence-electron chi connectivity index (χ3n) is 2.94. The molecule has 1 heterocycles. The molecule has 1 fully saturated rings. The summed E-state index contributed by atoms with van der Waals surface area (Å²) in [5.74, 6) is 0.364. The molecule has 0 atom stereocenters. The first-order chi connectivity index (χ1) is 8.74. The molecular formula is C12H25IN4O2. The number of guanidine groups is 1. The lowest BCUT2D eigenvalue weighted by Gasteiger charge is -2.20. The van der Waals surface area contributed by atoms with Crippen LogP contribution in [0.5, 0.6) is 0 Å². The fourth-order valence-corrected chi connectivity index (χ4v) is 1.90. The number of likely N-dealkylation sites (tertiary alicyclic amines) is 1. The second-order valence-corrected chi connectivity index (χ2v) is 4.42. The highest BCUT2D eigenvalue weighted by atomic mass is 127. The zero-order valence-electron chi connectivity index (χ0n) is 11.6. The molecule has 0 bridgehead atoms. The summed E-state index contributed by atoms with van der Waals surface area (Å²) >= 11 is 0. The van der Waals surface area contributed by atoms with Crippen molar-refractivity contribution in [2.75, 3.05) is 39.9 Å². The quantitative estimate of drug-likeness (QED) is 0.314. The van der Waals surface area contributed by atoms with E-state index in [2.05, 4.69) is 15.2 Å². The van der Waals surface area contributed by atoms with Gasteiger partial charge in [0.2, 0.25) is 5.91 Å². The minimum Gasteiger partial charge on any atom is -0.383 e. The molecule has 6 nitrogen and oxygen atoms in total. The van der Waals surface area contributed by atoms with E-state index in [9.17, 15) is 4.79 Å². The van der Waals surface area contributed by atoms with Gasteiger partial charge in [0.05, 0.1) is 6.61 Å². The van der Waals surface area contributed by atoms with Crippen LogP contribution in [0.25, 0.3) is 0 Å². The lowest BCUT2D eigenvalue weighted by atomic mass is 10.2. The van der Waals surface area contributed by atoms with Gasteiger partial charge in [-0.05, 0) is 12.8 Å². The average molecular weight is 384 g/mol. The van der Waals surface area contributed by atoms with Crippen LogP contribution in [0.3, 0.4) is 0 Å². The van der Waals surface area contributed by atoms with E-state index in [0.29, 0.717) is 19.1 Å². The normalized spacial score (nSPS) is 16.5. The summed E-state index contributed by atoms with van der Waals surface area (Å²) in [5, 5.41) is 2.71. The van der Waals surface area contributed by atoms with Crippen LogP contribution in [0, 0.1) is 0 Å². The second-order valence-electron chi connectivity index (χ2n) is 4.42. The van der Waals surface area contributed by atoms with Crippen molar-refractivity contribution < 1.29 is 9.53 Å². The molecule has 0 radical (unpaired) electrons. The SMILES string of the molecule is COCCNC(=O)CN=C(N)N1CCCCCC1.I. The molecule has 1 amide bonds. The van der Waals surface area contributed by atoms with E-state index in [4.69, 9.17) is 10.5 Å². The number of hydrogen-bond donors (Lipinski definition) is 2. The molecule has 1 aliphatic heterocycles. The van der Waals surface area contributed by atoms with Gasteiger partial charge in [0.15, 0.2) is 5.96 Å². The highest BCUT2D eigenvalue weighted by Gasteiger charge is 2.11. The molecule has 0 aromatic carbocycles. The minimum atomic E-state index is -0.121. The van der Waals surface area contributed by atoms with Gasteiger partial charge in [-0.2, -0.15) is 0 Å². The molecule has 112 valence electrons. The van der Waals surface area contributed by atoms with E-state index < -0.39 is 0 Å². The number of hydrogen-bond acceptors (Lipinski definition) is 3. The van der Waals surface area contributed by atoms with Crippen LogP contribution in [0.2, 0.25) is 0 Å². The molecule has 1 saturated heterocycles. The predicted octanol–water partition coefficient (Wildman–Crippen LogP) is 0.558. The zero-order valence-corrected chi connectivity index (χ0v) is 13.9. The summed E-state index contributed by atoms with van der Waals surface area (Å²) in [6.45, 7) is 3.00. The van der Waals surface area contributed by atoms with Gasteiger partial charge in [-0.1, -0.05) is 12.8 Å². The third-order valence-corrected chi connectivity index (χ3v) is 2.94. The minimum absolute atomic E-state index is 0. The van der Waals surface area contributed by atoms with Crippen molar-refractivity contribution >= 4 is 35.8 Å². The van der Waals surface area contributed by atoms with E-state index in [0.717, 1.165) is 25.9 Å². The number of rotatable bonds is 5. The number of halogens is 1. The first kappa shape index (κ1) is 18.4. The molecule has 0 aromatic heterocycles. The lowest BCUT2D eigenvalue weighted by molar-refractivity contribution is -0.119. The molecule has 1 aliphatic rings. The Bertz CT molecular complexity index is 279. The first-order valence-corrected chi connectivity index (χ1v) is 6.54. The third kappa shape index (κ3) is 8.25. The van der Waals surface area contributed by atoms with E-state index in [1.54, 1.807) is 7.11 Å². The van der Waals surface area contributed by atoms with Gasteiger partial charge in [-0.25, -0.2) is 4.99 Å². The second kappa shape index (κ2) is 11.3. The molecule has 19 heavy (non-hydrogen) atoms. The number of carbonyl (C=O) groups is 1. The Morgan fingerprint density at radius 2 is 1.95 bits per heavy atom. The molecule has 7 heteroatoms. The standard InChI is InChI=1S/C12H24N4O2.HI/c1-18-9-6-14-11(17)10-15-12(13)16-7-4-2-3-5-8-16;/h2-10H2,1H3,(H2,13,15)(H,14,17);1H. The monoisotopic (exact) mass is 384 g/mol. The number of nitrogens with one attached hydrogen (secondary N) is 1. The Balaban J connectivity index is 0.00000324. The number of methoxy groups -OCH3 is 1. The van der Waals surface area contributed by atoms with Gasteiger partial charge >= 0.3 is 0 Å². The molecular weight excluding hydrogens is 359 g/mol. The Kier molecular flexibility index (Phi) is 10.9. The van der Waals surface area contributed by atoms with Crippen LogP contribution in [0.1, 0.15) is 25.7 Å². The highest BCUT2D eigenvalue weighted by molar-refractivity contribution is 14.0. The van der Waals surface area contributed by atoms with Gasteiger partial charge in [-0.3, -0.25) is 4.79 Å². The van der Waals surface area contributed by atoms with Crippen molar-refractivity contribution in [3.05, 3.63) is 0 Å². The fourth-order valence-electron chi connectivity index (χ4n) is 1.90. The van der Waals surface area contributed by atoms with Crippen molar-refractivity contribution in [2.24, 2.45) is 10.7 Å². The van der Waals surface area contributed by atoms with Crippen molar-refractivity contribution in [1.82, 2.24) is 10.2 Å². The molecule has 0 unspecified atom stereocenters. The maximum absolute atomic E-state index is 11.4. The van der Waals surface area contributed by atoms with Crippen molar-refractivity contribution in [2.45, 2.75) is 25.7 Å². The number of amides is 1. The van der Waals surface area contributed by atoms with Crippen LogP contribution in [-0.2, 0) is 9.53 Å². The van der Waals surface area contributed by atoms with Crippen molar-refractivity contribution in [1.29, 1.82) is 0 Å². The Morgan fingerprint density at radius 3 is 2.53 bits per heavy atom. The Hall–Kier alpha value is -0.570. The maximum atomic E-state index is 11.4. The van der Waals surface area contributed by atoms with E-state index in [1.807, 2.05) is 0 Å².